The lowest BCUT2D eigenvalue weighted by molar-refractivity contribution is 0.539. The predicted octanol–water partition coefficient (Wildman–Crippen LogP) is 2.68. The molecule has 0 spiro atoms. The molecule has 0 aromatic carbocycles. The quantitative estimate of drug-likeness (QED) is 0.668. The molecule has 0 N–H and O–H groups in total. The Bertz CT molecular complexity index is 468. The van der Waals surface area contributed by atoms with Crippen LogP contribution in [0.3, 0.4) is 0 Å². The van der Waals surface area contributed by atoms with Crippen molar-refractivity contribution < 1.29 is 0 Å². The van der Waals surface area contributed by atoms with Gasteiger partial charge < -0.3 is 0 Å². The van der Waals surface area contributed by atoms with Gasteiger partial charge in [-0.05, 0) is 6.07 Å². The van der Waals surface area contributed by atoms with E-state index in [0.717, 1.165) is 11.5 Å². The van der Waals surface area contributed by atoms with Crippen LogP contribution in [0.5, 0.6) is 0 Å². The lowest BCUT2D eigenvalue weighted by Gasteiger charge is -2.15. The van der Waals surface area contributed by atoms with Gasteiger partial charge in [-0.15, -0.1) is 10.2 Å². The zero-order chi connectivity index (χ0) is 10.3. The summed E-state index contributed by atoms with van der Waals surface area (Å²) >= 11 is 5.86. The minimum atomic E-state index is -0.00670. The van der Waals surface area contributed by atoms with Gasteiger partial charge >= 0.3 is 0 Å². The van der Waals surface area contributed by atoms with Crippen LogP contribution in [-0.4, -0.2) is 14.6 Å². The SMILES string of the molecule is CC(C)(C)c1nnc2cc(Cl)ccn12. The smallest absolute Gasteiger partial charge is 0.162 e. The van der Waals surface area contributed by atoms with E-state index in [1.54, 1.807) is 0 Å². The molecule has 0 aliphatic rings. The number of hydrogen-bond acceptors (Lipinski definition) is 2. The maximum absolute atomic E-state index is 5.86. The molecule has 0 aliphatic carbocycles. The average molecular weight is 210 g/mol. The van der Waals surface area contributed by atoms with Gasteiger partial charge in [0.25, 0.3) is 0 Å². The van der Waals surface area contributed by atoms with Gasteiger partial charge in [-0.3, -0.25) is 4.40 Å². The van der Waals surface area contributed by atoms with Crippen LogP contribution in [0.1, 0.15) is 26.6 Å². The Labute approximate surface area is 87.7 Å². The molecule has 74 valence electrons. The van der Waals surface area contributed by atoms with Gasteiger partial charge in [0.2, 0.25) is 0 Å². The summed E-state index contributed by atoms with van der Waals surface area (Å²) in [4.78, 5) is 0. The maximum Gasteiger partial charge on any atom is 0.162 e. The largest absolute Gasteiger partial charge is 0.286 e. The van der Waals surface area contributed by atoms with Crippen molar-refractivity contribution >= 4 is 17.2 Å². The number of halogens is 1. The Hall–Kier alpha value is -1.09. The summed E-state index contributed by atoms with van der Waals surface area (Å²) in [5.74, 6) is 0.948. The first-order chi connectivity index (χ1) is 6.48. The Balaban J connectivity index is 2.70. The molecule has 0 saturated heterocycles. The molecule has 0 atom stereocenters. The first kappa shape index (κ1) is 9.46. The van der Waals surface area contributed by atoms with Crippen LogP contribution in [0.2, 0.25) is 5.02 Å². The van der Waals surface area contributed by atoms with Crippen LogP contribution in [0.15, 0.2) is 18.3 Å². The second-order valence-corrected chi connectivity index (χ2v) is 4.78. The molecule has 2 aromatic rings. The summed E-state index contributed by atoms with van der Waals surface area (Å²) < 4.78 is 1.96. The first-order valence-corrected chi connectivity index (χ1v) is 4.87. The molecule has 0 amide bonds. The minimum absolute atomic E-state index is 0.00670. The van der Waals surface area contributed by atoms with Crippen LogP contribution >= 0.6 is 11.6 Å². The molecule has 0 aliphatic heterocycles. The van der Waals surface area contributed by atoms with E-state index in [2.05, 4.69) is 31.0 Å². The monoisotopic (exact) mass is 209 g/mol. The maximum atomic E-state index is 5.86. The Morgan fingerprint density at radius 3 is 2.64 bits per heavy atom. The highest BCUT2D eigenvalue weighted by Crippen LogP contribution is 2.21. The van der Waals surface area contributed by atoms with Crippen molar-refractivity contribution in [3.05, 3.63) is 29.2 Å². The highest BCUT2D eigenvalue weighted by atomic mass is 35.5. The molecule has 2 rings (SSSR count). The van der Waals surface area contributed by atoms with Crippen molar-refractivity contribution in [1.82, 2.24) is 14.6 Å². The van der Waals surface area contributed by atoms with Gasteiger partial charge in [0, 0.05) is 22.7 Å². The van der Waals surface area contributed by atoms with Crippen LogP contribution in [0.25, 0.3) is 5.65 Å². The van der Waals surface area contributed by atoms with Crippen LogP contribution in [0, 0.1) is 0 Å². The van der Waals surface area contributed by atoms with Gasteiger partial charge in [0.15, 0.2) is 5.65 Å². The minimum Gasteiger partial charge on any atom is -0.286 e. The second-order valence-electron chi connectivity index (χ2n) is 4.35. The van der Waals surface area contributed by atoms with Gasteiger partial charge in [-0.2, -0.15) is 0 Å². The summed E-state index contributed by atoms with van der Waals surface area (Å²) in [6, 6.07) is 3.65. The van der Waals surface area contributed by atoms with E-state index in [-0.39, 0.29) is 5.41 Å². The molecule has 0 fully saturated rings. The zero-order valence-electron chi connectivity index (χ0n) is 8.45. The fourth-order valence-corrected chi connectivity index (χ4v) is 1.53. The third kappa shape index (κ3) is 1.48. The lowest BCUT2D eigenvalue weighted by Crippen LogP contribution is -2.15. The summed E-state index contributed by atoms with van der Waals surface area (Å²) in [6.07, 6.45) is 1.90. The number of nitrogens with zero attached hydrogens (tertiary/aromatic N) is 3. The van der Waals surface area contributed by atoms with Crippen molar-refractivity contribution in [2.75, 3.05) is 0 Å². The third-order valence-corrected chi connectivity index (χ3v) is 2.28. The summed E-state index contributed by atoms with van der Waals surface area (Å²) in [5.41, 5.74) is 0.787. The average Bonchev–Trinajstić information content (AvgIpc) is 2.45. The van der Waals surface area contributed by atoms with E-state index in [9.17, 15) is 0 Å². The van der Waals surface area contributed by atoms with Crippen molar-refractivity contribution in [3.63, 3.8) is 0 Å². The van der Waals surface area contributed by atoms with Crippen molar-refractivity contribution in [2.24, 2.45) is 0 Å². The second kappa shape index (κ2) is 2.95. The third-order valence-electron chi connectivity index (χ3n) is 2.04. The standard InChI is InChI=1S/C10H12ClN3/c1-10(2,3)9-13-12-8-6-7(11)4-5-14(8)9/h4-6H,1-3H3. The Morgan fingerprint density at radius 1 is 1.29 bits per heavy atom. The number of hydrogen-bond donors (Lipinski definition) is 0. The number of rotatable bonds is 0. The first-order valence-electron chi connectivity index (χ1n) is 4.49. The molecule has 2 aromatic heterocycles. The molecule has 0 radical (unpaired) electrons. The Kier molecular flexibility index (Phi) is 2.00. The van der Waals surface area contributed by atoms with Gasteiger partial charge in [-0.1, -0.05) is 32.4 Å². The fourth-order valence-electron chi connectivity index (χ4n) is 1.38. The number of aromatic nitrogens is 3. The lowest BCUT2D eigenvalue weighted by atomic mass is 9.96. The van der Waals surface area contributed by atoms with E-state index < -0.39 is 0 Å². The molecule has 0 saturated carbocycles. The zero-order valence-corrected chi connectivity index (χ0v) is 9.21. The van der Waals surface area contributed by atoms with Crippen molar-refractivity contribution in [2.45, 2.75) is 26.2 Å². The molecule has 3 nitrogen and oxygen atoms in total. The van der Waals surface area contributed by atoms with Crippen LogP contribution in [-0.2, 0) is 5.41 Å². The van der Waals surface area contributed by atoms with E-state index in [1.807, 2.05) is 22.7 Å². The van der Waals surface area contributed by atoms with Crippen molar-refractivity contribution in [3.8, 4) is 0 Å². The number of fused-ring (bicyclic) bond motifs is 1. The summed E-state index contributed by atoms with van der Waals surface area (Å²) in [6.45, 7) is 6.33. The van der Waals surface area contributed by atoms with Crippen molar-refractivity contribution in [1.29, 1.82) is 0 Å². The highest BCUT2D eigenvalue weighted by molar-refractivity contribution is 6.30. The van der Waals surface area contributed by atoms with Crippen LogP contribution < -0.4 is 0 Å². The van der Waals surface area contributed by atoms with E-state index in [0.29, 0.717) is 5.02 Å². The molecular weight excluding hydrogens is 198 g/mol. The topological polar surface area (TPSA) is 30.2 Å². The normalized spacial score (nSPS) is 12.3. The molecular formula is C10H12ClN3. The predicted molar refractivity (Wildman–Crippen MR) is 56.7 cm³/mol. The molecule has 0 bridgehead atoms. The molecule has 0 unspecified atom stereocenters. The molecule has 2 heterocycles. The molecule has 14 heavy (non-hydrogen) atoms. The summed E-state index contributed by atoms with van der Waals surface area (Å²) in [7, 11) is 0. The Morgan fingerprint density at radius 2 is 2.00 bits per heavy atom. The van der Waals surface area contributed by atoms with Crippen LogP contribution in [0.4, 0.5) is 0 Å². The van der Waals surface area contributed by atoms with E-state index in [4.69, 9.17) is 11.6 Å². The van der Waals surface area contributed by atoms with E-state index in [1.165, 1.54) is 0 Å². The fraction of sp³-hybridized carbons (Fsp3) is 0.400. The van der Waals surface area contributed by atoms with Gasteiger partial charge in [0.1, 0.15) is 5.82 Å². The van der Waals surface area contributed by atoms with Gasteiger partial charge in [0.05, 0.1) is 0 Å². The number of pyridine rings is 1. The summed E-state index contributed by atoms with van der Waals surface area (Å²) in [5, 5.41) is 8.92. The van der Waals surface area contributed by atoms with Gasteiger partial charge in [-0.25, -0.2) is 0 Å². The highest BCUT2D eigenvalue weighted by Gasteiger charge is 2.20. The van der Waals surface area contributed by atoms with E-state index >= 15 is 0 Å². The molecule has 4 heteroatoms.